The highest BCUT2D eigenvalue weighted by Crippen LogP contribution is 2.20. The monoisotopic (exact) mass is 393 g/mol. The molecule has 2 amide bonds. The highest BCUT2D eigenvalue weighted by atomic mass is 16.2. The van der Waals surface area contributed by atoms with Gasteiger partial charge in [-0.1, -0.05) is 25.1 Å². The Balaban J connectivity index is 1.76. The maximum atomic E-state index is 12.9. The molecule has 0 unspecified atom stereocenters. The number of nitrogens with one attached hydrogen (secondary N) is 1. The SMILES string of the molecule is CCc1ccccc1NC(=O)CN(C)C(=O)c1cc2cnn(C(C)C)c2nc1C. The minimum absolute atomic E-state index is 0.0420. The fraction of sp³-hybridized carbons (Fsp3) is 0.364. The van der Waals surface area contributed by atoms with Gasteiger partial charge < -0.3 is 10.2 Å². The average Bonchev–Trinajstić information content (AvgIpc) is 3.10. The first-order chi connectivity index (χ1) is 13.8. The molecule has 3 aromatic rings. The number of anilines is 1. The van der Waals surface area contributed by atoms with Gasteiger partial charge in [-0.25, -0.2) is 9.67 Å². The Bertz CT molecular complexity index is 1050. The van der Waals surface area contributed by atoms with Crippen molar-refractivity contribution in [2.45, 2.75) is 40.2 Å². The Morgan fingerprint density at radius 2 is 1.97 bits per heavy atom. The molecule has 0 radical (unpaired) electrons. The molecule has 2 aromatic heterocycles. The highest BCUT2D eigenvalue weighted by Gasteiger charge is 2.20. The zero-order valence-corrected chi connectivity index (χ0v) is 17.6. The van der Waals surface area contributed by atoms with Gasteiger partial charge in [0.1, 0.15) is 0 Å². The Kier molecular flexibility index (Phi) is 5.96. The van der Waals surface area contributed by atoms with E-state index in [1.165, 1.54) is 4.90 Å². The number of rotatable bonds is 6. The molecule has 152 valence electrons. The number of hydrogen-bond donors (Lipinski definition) is 1. The molecule has 1 aromatic carbocycles. The van der Waals surface area contributed by atoms with Crippen LogP contribution in [0.2, 0.25) is 0 Å². The summed E-state index contributed by atoms with van der Waals surface area (Å²) in [6.45, 7) is 7.86. The van der Waals surface area contributed by atoms with Crippen molar-refractivity contribution in [2.75, 3.05) is 18.9 Å². The summed E-state index contributed by atoms with van der Waals surface area (Å²) < 4.78 is 1.83. The number of nitrogens with zero attached hydrogens (tertiary/aromatic N) is 4. The van der Waals surface area contributed by atoms with E-state index in [9.17, 15) is 9.59 Å². The third-order valence-electron chi connectivity index (χ3n) is 4.88. The molecular formula is C22H27N5O2. The zero-order valence-electron chi connectivity index (χ0n) is 17.6. The number of aromatic nitrogens is 3. The summed E-state index contributed by atoms with van der Waals surface area (Å²) in [4.78, 5) is 31.4. The van der Waals surface area contributed by atoms with Gasteiger partial charge in [-0.05, 0) is 44.9 Å². The second kappa shape index (κ2) is 8.43. The molecule has 0 fully saturated rings. The van der Waals surface area contributed by atoms with E-state index in [0.717, 1.165) is 28.7 Å². The van der Waals surface area contributed by atoms with E-state index in [0.29, 0.717) is 11.3 Å². The number of pyridine rings is 1. The molecule has 7 heteroatoms. The maximum Gasteiger partial charge on any atom is 0.255 e. The minimum Gasteiger partial charge on any atom is -0.332 e. The van der Waals surface area contributed by atoms with Crippen molar-refractivity contribution in [1.82, 2.24) is 19.7 Å². The summed E-state index contributed by atoms with van der Waals surface area (Å²) in [5.41, 5.74) is 3.69. The van der Waals surface area contributed by atoms with Crippen molar-refractivity contribution in [1.29, 1.82) is 0 Å². The van der Waals surface area contributed by atoms with Crippen molar-refractivity contribution in [3.63, 3.8) is 0 Å². The van der Waals surface area contributed by atoms with Gasteiger partial charge in [-0.3, -0.25) is 9.59 Å². The smallest absolute Gasteiger partial charge is 0.255 e. The third-order valence-corrected chi connectivity index (χ3v) is 4.88. The Labute approximate surface area is 170 Å². The van der Waals surface area contributed by atoms with E-state index in [4.69, 9.17) is 0 Å². The molecule has 0 saturated carbocycles. The van der Waals surface area contributed by atoms with Crippen LogP contribution in [0.3, 0.4) is 0 Å². The summed E-state index contributed by atoms with van der Waals surface area (Å²) in [5, 5.41) is 8.06. The molecule has 7 nitrogen and oxygen atoms in total. The molecule has 0 aliphatic carbocycles. The third kappa shape index (κ3) is 4.29. The minimum atomic E-state index is -0.242. The first-order valence-electron chi connectivity index (χ1n) is 9.79. The van der Waals surface area contributed by atoms with Crippen LogP contribution in [0.25, 0.3) is 11.0 Å². The van der Waals surface area contributed by atoms with E-state index in [1.807, 2.05) is 49.7 Å². The molecule has 3 rings (SSSR count). The van der Waals surface area contributed by atoms with E-state index in [2.05, 4.69) is 15.4 Å². The zero-order chi connectivity index (χ0) is 21.1. The number of fused-ring (bicyclic) bond motifs is 1. The van der Waals surface area contributed by atoms with Crippen molar-refractivity contribution < 1.29 is 9.59 Å². The van der Waals surface area contributed by atoms with E-state index >= 15 is 0 Å². The Morgan fingerprint density at radius 3 is 2.66 bits per heavy atom. The number of amides is 2. The van der Waals surface area contributed by atoms with Crippen LogP contribution in [0.4, 0.5) is 5.69 Å². The predicted octanol–water partition coefficient (Wildman–Crippen LogP) is 3.59. The lowest BCUT2D eigenvalue weighted by Gasteiger charge is -2.18. The summed E-state index contributed by atoms with van der Waals surface area (Å²) >= 11 is 0. The van der Waals surface area contributed by atoms with Crippen molar-refractivity contribution >= 4 is 28.5 Å². The van der Waals surface area contributed by atoms with Crippen molar-refractivity contribution in [3.8, 4) is 0 Å². The standard InChI is InChI=1S/C22H27N5O2/c1-6-16-9-7-8-10-19(16)25-20(28)13-26(5)22(29)18-11-17-12-23-27(14(2)3)21(17)24-15(18)4/h7-12,14H,6,13H2,1-5H3,(H,25,28). The van der Waals surface area contributed by atoms with Crippen molar-refractivity contribution in [3.05, 3.63) is 53.3 Å². The summed E-state index contributed by atoms with van der Waals surface area (Å²) in [7, 11) is 1.62. The summed E-state index contributed by atoms with van der Waals surface area (Å²) in [5.74, 6) is -0.478. The lowest BCUT2D eigenvalue weighted by atomic mass is 10.1. The molecule has 29 heavy (non-hydrogen) atoms. The topological polar surface area (TPSA) is 80.1 Å². The van der Waals surface area contributed by atoms with Crippen LogP contribution in [-0.4, -0.2) is 45.1 Å². The van der Waals surface area contributed by atoms with Gasteiger partial charge in [0.15, 0.2) is 5.65 Å². The van der Waals surface area contributed by atoms with Crippen LogP contribution in [-0.2, 0) is 11.2 Å². The molecule has 0 spiro atoms. The summed E-state index contributed by atoms with van der Waals surface area (Å²) in [6.07, 6.45) is 2.53. The average molecular weight is 393 g/mol. The fourth-order valence-corrected chi connectivity index (χ4v) is 3.29. The fourth-order valence-electron chi connectivity index (χ4n) is 3.29. The van der Waals surface area contributed by atoms with Crippen LogP contribution >= 0.6 is 0 Å². The quantitative estimate of drug-likeness (QED) is 0.694. The number of aryl methyl sites for hydroxylation is 2. The summed E-state index contributed by atoms with van der Waals surface area (Å²) in [6, 6.07) is 9.65. The van der Waals surface area contributed by atoms with Crippen LogP contribution < -0.4 is 5.32 Å². The largest absolute Gasteiger partial charge is 0.332 e. The van der Waals surface area contributed by atoms with Crippen LogP contribution in [0.15, 0.2) is 36.5 Å². The first-order valence-corrected chi connectivity index (χ1v) is 9.79. The number of carbonyl (C=O) groups is 2. The molecule has 0 atom stereocenters. The number of benzene rings is 1. The predicted molar refractivity (Wildman–Crippen MR) is 114 cm³/mol. The number of carbonyl (C=O) groups excluding carboxylic acids is 2. The van der Waals surface area contributed by atoms with Gasteiger partial charge >= 0.3 is 0 Å². The van der Waals surface area contributed by atoms with Crippen LogP contribution in [0.1, 0.15) is 48.4 Å². The van der Waals surface area contributed by atoms with E-state index < -0.39 is 0 Å². The lowest BCUT2D eigenvalue weighted by molar-refractivity contribution is -0.116. The van der Waals surface area contributed by atoms with Crippen LogP contribution in [0, 0.1) is 6.92 Å². The van der Waals surface area contributed by atoms with Gasteiger partial charge in [0.25, 0.3) is 5.91 Å². The maximum absolute atomic E-state index is 12.9. The lowest BCUT2D eigenvalue weighted by Crippen LogP contribution is -2.35. The van der Waals surface area contributed by atoms with Crippen LogP contribution in [0.5, 0.6) is 0 Å². The molecule has 0 aliphatic heterocycles. The molecular weight excluding hydrogens is 366 g/mol. The second-order valence-corrected chi connectivity index (χ2v) is 7.44. The van der Waals surface area contributed by atoms with Gasteiger partial charge in [0, 0.05) is 24.2 Å². The van der Waals surface area contributed by atoms with Gasteiger partial charge in [0.2, 0.25) is 5.91 Å². The number of para-hydroxylation sites is 1. The van der Waals surface area contributed by atoms with E-state index in [1.54, 1.807) is 26.2 Å². The molecule has 0 aliphatic rings. The molecule has 0 bridgehead atoms. The molecule has 0 saturated heterocycles. The Hall–Kier alpha value is -3.22. The van der Waals surface area contributed by atoms with Gasteiger partial charge in [0.05, 0.1) is 24.0 Å². The van der Waals surface area contributed by atoms with Crippen molar-refractivity contribution in [2.24, 2.45) is 0 Å². The van der Waals surface area contributed by atoms with Gasteiger partial charge in [-0.15, -0.1) is 0 Å². The number of likely N-dealkylation sites (N-methyl/N-ethyl adjacent to an activating group) is 1. The normalized spacial score (nSPS) is 11.1. The number of hydrogen-bond acceptors (Lipinski definition) is 4. The first kappa shape index (κ1) is 20.5. The second-order valence-electron chi connectivity index (χ2n) is 7.44. The highest BCUT2D eigenvalue weighted by molar-refractivity contribution is 6.01. The van der Waals surface area contributed by atoms with E-state index in [-0.39, 0.29) is 24.4 Å². The molecule has 1 N–H and O–H groups in total. The Morgan fingerprint density at radius 1 is 1.24 bits per heavy atom. The van der Waals surface area contributed by atoms with Gasteiger partial charge in [-0.2, -0.15) is 5.10 Å². The molecule has 2 heterocycles.